The number of aliphatic hydroxyl groups excluding tert-OH is 1. The largest absolute Gasteiger partial charge is 0.465 e. The molecule has 1 aliphatic rings. The van der Waals surface area contributed by atoms with E-state index in [4.69, 9.17) is 35.9 Å². The van der Waals surface area contributed by atoms with Gasteiger partial charge in [-0.3, -0.25) is 9.32 Å². The van der Waals surface area contributed by atoms with Crippen molar-refractivity contribution >= 4 is 36.7 Å². The summed E-state index contributed by atoms with van der Waals surface area (Å²) >= 11 is 5.93. The van der Waals surface area contributed by atoms with Crippen molar-refractivity contribution in [3.8, 4) is 5.75 Å². The Kier molecular flexibility index (Phi) is 8.25. The Balaban J connectivity index is 1.59. The van der Waals surface area contributed by atoms with Crippen molar-refractivity contribution in [2.75, 3.05) is 18.9 Å². The topological polar surface area (TPSA) is 180 Å². The third-order valence-electron chi connectivity index (χ3n) is 6.69. The molecule has 1 fully saturated rings. The summed E-state index contributed by atoms with van der Waals surface area (Å²) in [4.78, 5) is 16.2. The van der Waals surface area contributed by atoms with Crippen LogP contribution < -0.4 is 15.3 Å². The summed E-state index contributed by atoms with van der Waals surface area (Å²) in [6, 6.07) is 8.26. The van der Waals surface area contributed by atoms with Crippen molar-refractivity contribution in [1.82, 2.24) is 19.7 Å². The first-order valence-corrected chi connectivity index (χ1v) is 14.0. The minimum Gasteiger partial charge on any atom is -0.465 e. The normalized spacial score (nSPS) is 27.3. The monoisotopic (exact) mass is 583 g/mol. The summed E-state index contributed by atoms with van der Waals surface area (Å²) < 4.78 is 37.7. The van der Waals surface area contributed by atoms with Gasteiger partial charge < -0.3 is 29.9 Å². The lowest BCUT2D eigenvalue weighted by Crippen LogP contribution is -2.51. The summed E-state index contributed by atoms with van der Waals surface area (Å²) in [5, 5.41) is 29.7. The molecule has 13 nitrogen and oxygen atoms in total. The van der Waals surface area contributed by atoms with Crippen molar-refractivity contribution in [3.63, 3.8) is 0 Å². The predicted octanol–water partition coefficient (Wildman–Crippen LogP) is 2.44. The molecule has 0 aliphatic carbocycles. The van der Waals surface area contributed by atoms with Crippen molar-refractivity contribution < 1.29 is 38.1 Å². The van der Waals surface area contributed by atoms with Crippen LogP contribution in [0, 0.1) is 0 Å². The Morgan fingerprint density at radius 3 is 2.67 bits per heavy atom. The number of benzene rings is 1. The fourth-order valence-electron chi connectivity index (χ4n) is 4.34. The van der Waals surface area contributed by atoms with Crippen LogP contribution in [0.5, 0.6) is 5.75 Å². The Hall–Kier alpha value is -2.77. The Bertz CT molecular complexity index is 1390. The maximum Gasteiger partial charge on any atom is 0.459 e. The molecule has 3 heterocycles. The highest BCUT2D eigenvalue weighted by molar-refractivity contribution is 7.52. The molecule has 0 bridgehead atoms. The number of aromatic nitrogens is 3. The van der Waals surface area contributed by atoms with Crippen LogP contribution in [0.4, 0.5) is 5.82 Å². The van der Waals surface area contributed by atoms with Crippen LogP contribution >= 0.6 is 19.3 Å². The lowest BCUT2D eigenvalue weighted by Gasteiger charge is -2.35. The van der Waals surface area contributed by atoms with Gasteiger partial charge in [0.2, 0.25) is 0 Å². The van der Waals surface area contributed by atoms with E-state index >= 15 is 0 Å². The summed E-state index contributed by atoms with van der Waals surface area (Å²) in [5.74, 6) is -0.303. The van der Waals surface area contributed by atoms with Gasteiger partial charge in [0.05, 0.1) is 18.9 Å². The van der Waals surface area contributed by atoms with Crippen molar-refractivity contribution in [1.29, 1.82) is 0 Å². The minimum atomic E-state index is -4.27. The number of halogens is 1. The highest BCUT2D eigenvalue weighted by Gasteiger charge is 2.62. The number of carbonyl (C=O) groups is 1. The Labute approximate surface area is 229 Å². The van der Waals surface area contributed by atoms with Crippen LogP contribution in [0.2, 0.25) is 5.02 Å². The third kappa shape index (κ3) is 5.62. The van der Waals surface area contributed by atoms with Crippen LogP contribution in [-0.4, -0.2) is 67.8 Å². The quantitative estimate of drug-likeness (QED) is 0.202. The molecule has 1 saturated heterocycles. The van der Waals surface area contributed by atoms with Gasteiger partial charge in [-0.25, -0.2) is 14.1 Å². The number of anilines is 1. The van der Waals surface area contributed by atoms with E-state index < -0.39 is 49.8 Å². The fourth-order valence-corrected chi connectivity index (χ4v) is 5.97. The number of carbonyl (C=O) groups excluding carboxylic acids is 1. The highest BCUT2D eigenvalue weighted by Crippen LogP contribution is 2.50. The first-order chi connectivity index (χ1) is 18.3. The fraction of sp³-hybridized carbons (Fsp3) is 0.458. The zero-order valence-electron chi connectivity index (χ0n) is 21.8. The molecule has 39 heavy (non-hydrogen) atoms. The predicted molar refractivity (Wildman–Crippen MR) is 141 cm³/mol. The number of rotatable bonds is 10. The van der Waals surface area contributed by atoms with Gasteiger partial charge in [-0.15, -0.1) is 0 Å². The van der Waals surface area contributed by atoms with Crippen molar-refractivity contribution in [2.24, 2.45) is 0 Å². The number of nitrogens with one attached hydrogen (secondary N) is 1. The van der Waals surface area contributed by atoms with Crippen molar-refractivity contribution in [3.05, 3.63) is 53.4 Å². The molecular formula is C24H31ClN5O8P. The third-order valence-corrected chi connectivity index (χ3v) is 8.59. The Morgan fingerprint density at radius 1 is 1.31 bits per heavy atom. The minimum absolute atomic E-state index is 0.120. The van der Waals surface area contributed by atoms with Gasteiger partial charge in [-0.1, -0.05) is 11.6 Å². The highest BCUT2D eigenvalue weighted by atomic mass is 35.5. The van der Waals surface area contributed by atoms with Crippen LogP contribution in [0.1, 0.15) is 33.4 Å². The summed E-state index contributed by atoms with van der Waals surface area (Å²) in [5.41, 5.74) is 3.48. The molecule has 2 aromatic heterocycles. The van der Waals surface area contributed by atoms with Crippen LogP contribution in [0.25, 0.3) is 5.52 Å². The molecule has 4 rings (SSSR count). The van der Waals surface area contributed by atoms with E-state index in [2.05, 4.69) is 15.2 Å². The number of fused-ring (bicyclic) bond motifs is 1. The molecule has 3 aromatic rings. The van der Waals surface area contributed by atoms with Gasteiger partial charge >= 0.3 is 13.7 Å². The lowest BCUT2D eigenvalue weighted by atomic mass is 9.81. The molecule has 212 valence electrons. The first-order valence-electron chi connectivity index (χ1n) is 12.1. The molecule has 1 aliphatic heterocycles. The Morgan fingerprint density at radius 2 is 2.00 bits per heavy atom. The zero-order chi connectivity index (χ0) is 28.6. The molecular weight excluding hydrogens is 553 g/mol. The molecule has 5 N–H and O–H groups in total. The number of nitrogen functional groups attached to an aromatic ring is 1. The summed E-state index contributed by atoms with van der Waals surface area (Å²) in [6.07, 6.45) is -1.40. The molecule has 0 spiro atoms. The standard InChI is InChI=1S/C24H31ClN5O8P/c1-5-35-22(32)14(2)29-39(34,38-16-8-6-15(25)7-9-16)36-12-18-20(31)23(3,33)24(4,37-18)19-11-10-17-21(26)27-13-28-30(17)19/h6-11,13-14,18,20,31,33H,5,12H2,1-4H3,(H,29,34)(H2,26,27,28)/t14-,18+,20+,23+,24-,39+/m0/s1. The van der Waals surface area contributed by atoms with Gasteiger partial charge in [0.25, 0.3) is 0 Å². The molecule has 0 amide bonds. The molecule has 1 aromatic carbocycles. The van der Waals surface area contributed by atoms with E-state index in [1.807, 2.05) is 0 Å². The summed E-state index contributed by atoms with van der Waals surface area (Å²) in [7, 11) is -4.27. The first kappa shape index (κ1) is 29.2. The van der Waals surface area contributed by atoms with Gasteiger partial charge in [0.1, 0.15) is 47.0 Å². The number of ether oxygens (including phenoxy) is 2. The lowest BCUT2D eigenvalue weighted by molar-refractivity contribution is -0.144. The molecule has 6 atom stereocenters. The van der Waals surface area contributed by atoms with Gasteiger partial charge in [0.15, 0.2) is 5.82 Å². The number of aliphatic hydroxyl groups is 2. The second-order valence-corrected chi connectivity index (χ2v) is 11.5. The molecule has 0 saturated carbocycles. The smallest absolute Gasteiger partial charge is 0.459 e. The van der Waals surface area contributed by atoms with E-state index in [1.54, 1.807) is 26.0 Å². The number of hydrogen-bond donors (Lipinski definition) is 4. The maximum absolute atomic E-state index is 13.8. The van der Waals surface area contributed by atoms with E-state index in [0.29, 0.717) is 16.2 Å². The number of hydrogen-bond acceptors (Lipinski definition) is 11. The average Bonchev–Trinajstić information content (AvgIpc) is 3.39. The molecule has 0 radical (unpaired) electrons. The SMILES string of the molecule is CCOC(=O)[C@H](C)N[P@@](=O)(OC[C@H]1O[C@@](C)(c2ccc3c(N)ncnn23)[C@](C)(O)[C@@H]1O)Oc1ccc(Cl)cc1. The van der Waals surface area contributed by atoms with Crippen molar-refractivity contribution in [2.45, 2.75) is 57.1 Å². The van der Waals surface area contributed by atoms with E-state index in [1.165, 1.54) is 49.0 Å². The van der Waals surface area contributed by atoms with E-state index in [-0.39, 0.29) is 18.2 Å². The summed E-state index contributed by atoms with van der Waals surface area (Å²) in [6.45, 7) is 5.71. The average molecular weight is 584 g/mol. The maximum atomic E-state index is 13.8. The van der Waals surface area contributed by atoms with Gasteiger partial charge in [-0.2, -0.15) is 10.2 Å². The van der Waals surface area contributed by atoms with Crippen LogP contribution in [0.15, 0.2) is 42.7 Å². The van der Waals surface area contributed by atoms with Crippen LogP contribution in [0.3, 0.4) is 0 Å². The second-order valence-electron chi connectivity index (χ2n) is 9.38. The number of nitrogens with zero attached hydrogens (tertiary/aromatic N) is 3. The van der Waals surface area contributed by atoms with Gasteiger partial charge in [0, 0.05) is 5.02 Å². The second kappa shape index (κ2) is 11.0. The zero-order valence-corrected chi connectivity index (χ0v) is 23.4. The molecule has 0 unspecified atom stereocenters. The number of esters is 1. The molecule has 15 heteroatoms. The van der Waals surface area contributed by atoms with Gasteiger partial charge in [-0.05, 0) is 64.1 Å². The van der Waals surface area contributed by atoms with E-state index in [9.17, 15) is 19.6 Å². The number of nitrogens with two attached hydrogens (primary N) is 1. The van der Waals surface area contributed by atoms with Crippen LogP contribution in [-0.2, 0) is 29.0 Å². The van der Waals surface area contributed by atoms with E-state index in [0.717, 1.165) is 0 Å².